The Morgan fingerprint density at radius 2 is 1.83 bits per heavy atom. The van der Waals surface area contributed by atoms with Crippen LogP contribution in [0.2, 0.25) is 0 Å². The van der Waals surface area contributed by atoms with E-state index in [-0.39, 0.29) is 12.5 Å². The molecule has 0 spiro atoms. The fraction of sp³-hybridized carbons (Fsp3) is 0.556. The van der Waals surface area contributed by atoms with Crippen molar-refractivity contribution in [1.29, 1.82) is 0 Å². The molecule has 2 aliphatic rings. The van der Waals surface area contributed by atoms with Crippen molar-refractivity contribution in [2.45, 2.75) is 25.7 Å². The lowest BCUT2D eigenvalue weighted by Crippen LogP contribution is -2.31. The minimum absolute atomic E-state index is 0.0581. The third-order valence-corrected chi connectivity index (χ3v) is 4.60. The first kappa shape index (κ1) is 16.8. The van der Waals surface area contributed by atoms with Gasteiger partial charge in [0.15, 0.2) is 0 Å². The van der Waals surface area contributed by atoms with Gasteiger partial charge in [0.1, 0.15) is 19.0 Å². The molecule has 2 saturated heterocycles. The van der Waals surface area contributed by atoms with Crippen LogP contribution in [0, 0.1) is 0 Å². The number of carbonyl (C=O) groups excluding carboxylic acids is 2. The maximum atomic E-state index is 11.9. The normalized spacial score (nSPS) is 18.9. The van der Waals surface area contributed by atoms with Crippen molar-refractivity contribution in [2.24, 2.45) is 0 Å². The van der Waals surface area contributed by atoms with Crippen LogP contribution in [0.1, 0.15) is 25.7 Å². The molecule has 130 valence electrons. The molecule has 3 rings (SSSR count). The highest BCUT2D eigenvalue weighted by Crippen LogP contribution is 2.22. The monoisotopic (exact) mass is 331 g/mol. The highest BCUT2D eigenvalue weighted by atomic mass is 16.5. The zero-order valence-corrected chi connectivity index (χ0v) is 14.0. The Labute approximate surface area is 143 Å². The van der Waals surface area contributed by atoms with Crippen LogP contribution in [0.3, 0.4) is 0 Å². The van der Waals surface area contributed by atoms with Crippen LogP contribution in [-0.2, 0) is 9.59 Å². The van der Waals surface area contributed by atoms with Gasteiger partial charge >= 0.3 is 0 Å². The summed E-state index contributed by atoms with van der Waals surface area (Å²) in [5, 5.41) is 0. The minimum Gasteiger partial charge on any atom is -0.494 e. The number of anilines is 1. The Bertz CT molecular complexity index is 555. The second-order valence-corrected chi connectivity index (χ2v) is 6.41. The molecule has 1 aromatic carbocycles. The summed E-state index contributed by atoms with van der Waals surface area (Å²) in [6.45, 7) is 4.71. The lowest BCUT2D eigenvalue weighted by atomic mass is 10.1. The highest BCUT2D eigenvalue weighted by molar-refractivity contribution is 5.98. The van der Waals surface area contributed by atoms with Crippen LogP contribution >= 0.6 is 0 Å². The fourth-order valence-corrected chi connectivity index (χ4v) is 3.25. The molecule has 0 saturated carbocycles. The zero-order valence-electron chi connectivity index (χ0n) is 14.0. The molecular weight excluding hydrogens is 306 g/mol. The first-order valence-corrected chi connectivity index (χ1v) is 8.71. The van der Waals surface area contributed by atoms with Crippen LogP contribution in [0.4, 0.5) is 5.69 Å². The molecule has 1 aromatic rings. The number of likely N-dealkylation sites (tertiary alicyclic amines) is 1. The van der Waals surface area contributed by atoms with E-state index in [0.717, 1.165) is 24.4 Å². The van der Waals surface area contributed by atoms with E-state index in [9.17, 15) is 9.59 Å². The molecule has 0 N–H and O–H groups in total. The van der Waals surface area contributed by atoms with Crippen molar-refractivity contribution in [2.75, 3.05) is 44.4 Å². The Hall–Kier alpha value is -2.08. The number of hydrogen-bond donors (Lipinski definition) is 0. The lowest BCUT2D eigenvalue weighted by molar-refractivity contribution is -0.121. The largest absolute Gasteiger partial charge is 0.494 e. The van der Waals surface area contributed by atoms with Gasteiger partial charge in [-0.3, -0.25) is 14.5 Å². The van der Waals surface area contributed by atoms with Gasteiger partial charge in [-0.15, -0.1) is 0 Å². The number of ether oxygens (including phenoxy) is 1. The van der Waals surface area contributed by atoms with Gasteiger partial charge < -0.3 is 14.5 Å². The molecule has 0 bridgehead atoms. The molecule has 0 radical (unpaired) electrons. The smallest absolute Gasteiger partial charge is 0.248 e. The molecule has 2 heterocycles. The second kappa shape index (κ2) is 8.15. The highest BCUT2D eigenvalue weighted by Gasteiger charge is 2.27. The maximum absolute atomic E-state index is 11.9. The zero-order chi connectivity index (χ0) is 16.8. The summed E-state index contributed by atoms with van der Waals surface area (Å²) >= 11 is 0. The number of nitrogens with zero attached hydrogens (tertiary/aromatic N) is 3. The van der Waals surface area contributed by atoms with Crippen molar-refractivity contribution < 1.29 is 14.3 Å². The van der Waals surface area contributed by atoms with Gasteiger partial charge in [-0.05, 0) is 56.6 Å². The number of benzene rings is 1. The Morgan fingerprint density at radius 1 is 1.08 bits per heavy atom. The average molecular weight is 331 g/mol. The molecule has 2 fully saturated rings. The van der Waals surface area contributed by atoms with E-state index in [1.165, 1.54) is 37.3 Å². The van der Waals surface area contributed by atoms with E-state index in [1.807, 2.05) is 24.3 Å². The molecular formula is C18H25N3O3. The molecule has 6 heteroatoms. The average Bonchev–Trinajstić information content (AvgIpc) is 3.01. The van der Waals surface area contributed by atoms with Gasteiger partial charge in [0.25, 0.3) is 0 Å². The van der Waals surface area contributed by atoms with Gasteiger partial charge in [-0.2, -0.15) is 0 Å². The van der Waals surface area contributed by atoms with E-state index in [4.69, 9.17) is 4.74 Å². The number of rotatable bonds is 7. The molecule has 2 aliphatic heterocycles. The molecule has 0 aromatic heterocycles. The first-order valence-electron chi connectivity index (χ1n) is 8.71. The van der Waals surface area contributed by atoms with Gasteiger partial charge in [-0.1, -0.05) is 6.42 Å². The van der Waals surface area contributed by atoms with Crippen molar-refractivity contribution in [3.05, 3.63) is 24.3 Å². The number of hydrogen-bond acceptors (Lipinski definition) is 4. The lowest BCUT2D eigenvalue weighted by Gasteiger charge is -2.26. The number of carbonyl (C=O) groups is 2. The summed E-state index contributed by atoms with van der Waals surface area (Å²) in [7, 11) is 0. The van der Waals surface area contributed by atoms with Crippen molar-refractivity contribution >= 4 is 18.0 Å². The van der Waals surface area contributed by atoms with Gasteiger partial charge in [0, 0.05) is 12.2 Å². The fourth-order valence-electron chi connectivity index (χ4n) is 3.25. The summed E-state index contributed by atoms with van der Waals surface area (Å²) in [6, 6.07) is 7.50. The molecule has 6 nitrogen and oxygen atoms in total. The second-order valence-electron chi connectivity index (χ2n) is 6.41. The quantitative estimate of drug-likeness (QED) is 0.564. The summed E-state index contributed by atoms with van der Waals surface area (Å²) in [5.74, 6) is 0.758. The van der Waals surface area contributed by atoms with Crippen LogP contribution in [0.25, 0.3) is 0 Å². The molecule has 0 atom stereocenters. The predicted molar refractivity (Wildman–Crippen MR) is 92.0 cm³/mol. The Balaban J connectivity index is 1.43. The van der Waals surface area contributed by atoms with E-state index in [2.05, 4.69) is 4.90 Å². The van der Waals surface area contributed by atoms with Crippen LogP contribution in [0.15, 0.2) is 24.3 Å². The summed E-state index contributed by atoms with van der Waals surface area (Å²) < 4.78 is 5.79. The van der Waals surface area contributed by atoms with Crippen LogP contribution in [-0.4, -0.2) is 61.6 Å². The Kier molecular flexibility index (Phi) is 5.69. The molecule has 24 heavy (non-hydrogen) atoms. The number of amides is 2. The summed E-state index contributed by atoms with van der Waals surface area (Å²) in [6.07, 6.45) is 5.74. The van der Waals surface area contributed by atoms with E-state index >= 15 is 0 Å². The third-order valence-electron chi connectivity index (χ3n) is 4.60. The topological polar surface area (TPSA) is 53.1 Å². The summed E-state index contributed by atoms with van der Waals surface area (Å²) in [5.41, 5.74) is 0.796. The van der Waals surface area contributed by atoms with Gasteiger partial charge in [0.2, 0.25) is 12.3 Å². The Morgan fingerprint density at radius 3 is 2.50 bits per heavy atom. The molecule has 0 aliphatic carbocycles. The standard InChI is InChI=1S/C18H25N3O3/c22-15-20-13-18(23)21(14-20)16-5-7-17(8-6-16)24-12-4-11-19-9-2-1-3-10-19/h5-8,15H,1-4,9-14H2. The SMILES string of the molecule is O=CN1CC(=O)N(c2ccc(OCCCN3CCCCC3)cc2)C1. The van der Waals surface area contributed by atoms with Crippen molar-refractivity contribution in [3.63, 3.8) is 0 Å². The van der Waals surface area contributed by atoms with Crippen LogP contribution < -0.4 is 9.64 Å². The molecule has 0 unspecified atom stereocenters. The van der Waals surface area contributed by atoms with Crippen molar-refractivity contribution in [1.82, 2.24) is 9.80 Å². The summed E-state index contributed by atoms with van der Waals surface area (Å²) in [4.78, 5) is 28.2. The van der Waals surface area contributed by atoms with E-state index < -0.39 is 0 Å². The predicted octanol–water partition coefficient (Wildman–Crippen LogP) is 1.70. The van der Waals surface area contributed by atoms with Crippen LogP contribution in [0.5, 0.6) is 5.75 Å². The number of piperidine rings is 1. The third kappa shape index (κ3) is 4.26. The molecule has 2 amide bonds. The maximum Gasteiger partial charge on any atom is 0.248 e. The van der Waals surface area contributed by atoms with Gasteiger partial charge in [-0.25, -0.2) is 0 Å². The van der Waals surface area contributed by atoms with E-state index in [0.29, 0.717) is 19.7 Å². The van der Waals surface area contributed by atoms with E-state index in [1.54, 1.807) is 4.90 Å². The van der Waals surface area contributed by atoms with Gasteiger partial charge in [0.05, 0.1) is 6.61 Å². The van der Waals surface area contributed by atoms with Crippen molar-refractivity contribution in [3.8, 4) is 5.75 Å². The first-order chi connectivity index (χ1) is 11.8. The minimum atomic E-state index is -0.0581.